The number of fused-ring (bicyclic) bond motifs is 6. The normalized spacial score (nSPS) is 29.1. The number of ether oxygens (including phenoxy) is 1. The number of likely N-dealkylation sites (N-methyl/N-ethyl adjacent to an activating group) is 1. The topological polar surface area (TPSA) is 103 Å². The number of urea groups is 1. The van der Waals surface area contributed by atoms with Crippen molar-refractivity contribution < 1.29 is 22.7 Å². The van der Waals surface area contributed by atoms with E-state index in [1.165, 1.54) is 22.1 Å². The first-order valence-electron chi connectivity index (χ1n) is 15.2. The van der Waals surface area contributed by atoms with Crippen LogP contribution in [0.25, 0.3) is 0 Å². The summed E-state index contributed by atoms with van der Waals surface area (Å²) in [6.07, 6.45) is 5.45. The predicted molar refractivity (Wildman–Crippen MR) is 163 cm³/mol. The Bertz CT molecular complexity index is 1570. The molecule has 3 atom stereocenters. The standard InChI is InChI=1S/C31H38ClN5O5S/c1-34-23-10-13-36(16-23)30(39)33-43(40,41)25-7-9-28-27(15-25)37(17-24-5-3-12-35(24)18-29(34)38)19-31(20-42-28)11-2-4-21-14-22(32)6-8-26(21)31/h6-9,14-15,23-24H,2-5,10-13,16-20H2,1H3,(H,33,39)/t23-,24?,31+/m1/s1. The molecule has 2 aromatic carbocycles. The van der Waals surface area contributed by atoms with Crippen LogP contribution in [-0.2, 0) is 26.7 Å². The first-order chi connectivity index (χ1) is 20.6. The number of anilines is 1. The average Bonchev–Trinajstić information content (AvgIpc) is 3.61. The number of benzene rings is 2. The molecule has 43 heavy (non-hydrogen) atoms. The summed E-state index contributed by atoms with van der Waals surface area (Å²) in [7, 11) is -2.36. The van der Waals surface area contributed by atoms with Crippen LogP contribution in [0.3, 0.4) is 0 Å². The summed E-state index contributed by atoms with van der Waals surface area (Å²) in [4.78, 5) is 34.3. The number of halogens is 1. The number of hydrogen-bond acceptors (Lipinski definition) is 7. The Balaban J connectivity index is 1.32. The van der Waals surface area contributed by atoms with Gasteiger partial charge in [-0.25, -0.2) is 17.9 Å². The predicted octanol–water partition coefficient (Wildman–Crippen LogP) is 3.22. The van der Waals surface area contributed by atoms with Gasteiger partial charge in [0.05, 0.1) is 29.8 Å². The highest BCUT2D eigenvalue weighted by Crippen LogP contribution is 2.45. The third-order valence-electron chi connectivity index (χ3n) is 10.2. The van der Waals surface area contributed by atoms with Crippen LogP contribution in [0.1, 0.15) is 43.2 Å². The molecule has 5 aliphatic rings. The number of hydrogen-bond donors (Lipinski definition) is 1. The van der Waals surface area contributed by atoms with Gasteiger partial charge in [0.15, 0.2) is 0 Å². The summed E-state index contributed by atoms with van der Waals surface area (Å²) in [5, 5.41) is 0.719. The molecule has 4 heterocycles. The molecule has 1 aliphatic carbocycles. The lowest BCUT2D eigenvalue weighted by Gasteiger charge is -2.42. The molecule has 7 rings (SSSR count). The fourth-order valence-electron chi connectivity index (χ4n) is 7.80. The van der Waals surface area contributed by atoms with E-state index in [0.717, 1.165) is 43.7 Å². The molecule has 0 radical (unpaired) electrons. The van der Waals surface area contributed by atoms with Crippen molar-refractivity contribution in [3.05, 3.63) is 52.5 Å². The lowest BCUT2D eigenvalue weighted by atomic mass is 9.70. The lowest BCUT2D eigenvalue weighted by Crippen LogP contribution is -2.51. The molecule has 2 saturated heterocycles. The van der Waals surface area contributed by atoms with Crippen molar-refractivity contribution in [3.63, 3.8) is 0 Å². The van der Waals surface area contributed by atoms with E-state index < -0.39 is 16.1 Å². The molecule has 1 spiro atoms. The molecular weight excluding hydrogens is 590 g/mol. The molecule has 0 aromatic heterocycles. The lowest BCUT2D eigenvalue weighted by molar-refractivity contribution is -0.133. The highest BCUT2D eigenvalue weighted by molar-refractivity contribution is 7.90. The highest BCUT2D eigenvalue weighted by atomic mass is 35.5. The van der Waals surface area contributed by atoms with E-state index in [0.29, 0.717) is 57.2 Å². The molecular formula is C31H38ClN5O5S. The zero-order valence-electron chi connectivity index (χ0n) is 24.4. The van der Waals surface area contributed by atoms with Crippen molar-refractivity contribution in [1.29, 1.82) is 0 Å². The molecule has 4 bridgehead atoms. The summed E-state index contributed by atoms with van der Waals surface area (Å²) in [5.74, 6) is 0.641. The van der Waals surface area contributed by atoms with Crippen LogP contribution in [0, 0.1) is 0 Å². The van der Waals surface area contributed by atoms with Crippen molar-refractivity contribution >= 4 is 39.2 Å². The number of sulfonamides is 1. The van der Waals surface area contributed by atoms with Crippen molar-refractivity contribution in [1.82, 2.24) is 19.4 Å². The third kappa shape index (κ3) is 5.23. The maximum atomic E-state index is 13.5. The van der Waals surface area contributed by atoms with Crippen LogP contribution in [0.5, 0.6) is 5.75 Å². The Morgan fingerprint density at radius 2 is 1.84 bits per heavy atom. The smallest absolute Gasteiger partial charge is 0.331 e. The van der Waals surface area contributed by atoms with E-state index in [9.17, 15) is 18.0 Å². The number of carbonyl (C=O) groups excluding carboxylic acids is 2. The Morgan fingerprint density at radius 3 is 2.70 bits per heavy atom. The van der Waals surface area contributed by atoms with Crippen LogP contribution in [0.4, 0.5) is 10.5 Å². The second-order valence-electron chi connectivity index (χ2n) is 12.8. The van der Waals surface area contributed by atoms with Gasteiger partial charge in [-0.05, 0) is 86.5 Å². The summed E-state index contributed by atoms with van der Waals surface area (Å²) in [5.41, 5.74) is 2.84. The molecule has 1 unspecified atom stereocenters. The molecule has 4 aliphatic heterocycles. The van der Waals surface area contributed by atoms with Gasteiger partial charge in [0.1, 0.15) is 5.75 Å². The maximum absolute atomic E-state index is 13.5. The van der Waals surface area contributed by atoms with Gasteiger partial charge in [-0.2, -0.15) is 0 Å². The van der Waals surface area contributed by atoms with E-state index in [4.69, 9.17) is 16.3 Å². The third-order valence-corrected chi connectivity index (χ3v) is 11.8. The van der Waals surface area contributed by atoms with E-state index >= 15 is 0 Å². The van der Waals surface area contributed by atoms with Crippen LogP contribution in [-0.4, -0.2) is 100 Å². The van der Waals surface area contributed by atoms with E-state index in [1.54, 1.807) is 24.1 Å². The zero-order valence-corrected chi connectivity index (χ0v) is 26.0. The monoisotopic (exact) mass is 627 g/mol. The maximum Gasteiger partial charge on any atom is 0.331 e. The van der Waals surface area contributed by atoms with Crippen LogP contribution < -0.4 is 14.4 Å². The van der Waals surface area contributed by atoms with Crippen molar-refractivity contribution in [3.8, 4) is 5.75 Å². The number of carbonyl (C=O) groups is 2. The minimum absolute atomic E-state index is 0.0234. The molecule has 0 saturated carbocycles. The first kappa shape index (κ1) is 28.7. The first-order valence-corrected chi connectivity index (χ1v) is 17.1. The summed E-state index contributed by atoms with van der Waals surface area (Å²) in [6, 6.07) is 10.3. The van der Waals surface area contributed by atoms with Crippen molar-refractivity contribution in [2.75, 3.05) is 57.8 Å². The summed E-state index contributed by atoms with van der Waals surface area (Å²) >= 11 is 6.40. The number of amides is 3. The van der Waals surface area contributed by atoms with Crippen molar-refractivity contribution in [2.24, 2.45) is 0 Å². The number of nitrogens with one attached hydrogen (secondary N) is 1. The molecule has 3 amide bonds. The number of rotatable bonds is 0. The van der Waals surface area contributed by atoms with Crippen LogP contribution in [0.2, 0.25) is 5.02 Å². The van der Waals surface area contributed by atoms with E-state index in [-0.39, 0.29) is 28.3 Å². The second-order valence-corrected chi connectivity index (χ2v) is 14.9. The Hall–Kier alpha value is -3.02. The number of aryl methyl sites for hydroxylation is 1. The van der Waals surface area contributed by atoms with E-state index in [2.05, 4.69) is 26.7 Å². The van der Waals surface area contributed by atoms with Gasteiger partial charge in [-0.15, -0.1) is 0 Å². The largest absolute Gasteiger partial charge is 0.490 e. The highest BCUT2D eigenvalue weighted by Gasteiger charge is 2.43. The molecule has 1 N–H and O–H groups in total. The molecule has 230 valence electrons. The van der Waals surface area contributed by atoms with Crippen LogP contribution >= 0.6 is 11.6 Å². The fourth-order valence-corrected chi connectivity index (χ4v) is 8.98. The zero-order chi connectivity index (χ0) is 29.9. The van der Waals surface area contributed by atoms with Gasteiger partial charge >= 0.3 is 6.03 Å². The molecule has 2 fully saturated rings. The van der Waals surface area contributed by atoms with Gasteiger partial charge in [0, 0.05) is 49.7 Å². The summed E-state index contributed by atoms with van der Waals surface area (Å²) in [6.45, 7) is 3.57. The van der Waals surface area contributed by atoms with Gasteiger partial charge in [0.2, 0.25) is 5.91 Å². The minimum Gasteiger partial charge on any atom is -0.490 e. The molecule has 12 heteroatoms. The minimum atomic E-state index is -4.15. The number of nitrogens with zero attached hydrogens (tertiary/aromatic N) is 4. The molecule has 2 aromatic rings. The van der Waals surface area contributed by atoms with Crippen LogP contribution in [0.15, 0.2) is 41.3 Å². The second kappa shape index (κ2) is 10.9. The Morgan fingerprint density at radius 1 is 1.00 bits per heavy atom. The van der Waals surface area contributed by atoms with Gasteiger partial charge in [-0.3, -0.25) is 9.69 Å². The summed E-state index contributed by atoms with van der Waals surface area (Å²) < 4.78 is 35.9. The SMILES string of the molecule is CN1C(=O)CN2CCCC2CN2C[C@@]3(CCCc4cc(Cl)ccc43)COc3ccc(cc32)S(=O)(=O)NC(=O)N2CC[C@@H]1C2. The molecule has 10 nitrogen and oxygen atoms in total. The van der Waals surface area contributed by atoms with Gasteiger partial charge < -0.3 is 19.4 Å². The van der Waals surface area contributed by atoms with Crippen molar-refractivity contribution in [2.45, 2.75) is 60.9 Å². The van der Waals surface area contributed by atoms with Gasteiger partial charge in [-0.1, -0.05) is 17.7 Å². The Labute approximate surface area is 257 Å². The fraction of sp³-hybridized carbons (Fsp3) is 0.548. The van der Waals surface area contributed by atoms with E-state index in [1.807, 2.05) is 6.07 Å². The van der Waals surface area contributed by atoms with Gasteiger partial charge in [0.25, 0.3) is 10.0 Å². The Kier molecular flexibility index (Phi) is 7.25. The average molecular weight is 628 g/mol. The quantitative estimate of drug-likeness (QED) is 0.479.